The molecular formula is C14H23N3O2. The maximum absolute atomic E-state index is 12.1. The van der Waals surface area contributed by atoms with Crippen molar-refractivity contribution in [3.8, 4) is 0 Å². The highest BCUT2D eigenvalue weighted by Crippen LogP contribution is 2.32. The molecule has 0 spiro atoms. The highest BCUT2D eigenvalue weighted by Gasteiger charge is 2.26. The monoisotopic (exact) mass is 265 g/mol. The molecule has 0 unspecified atom stereocenters. The first-order valence-corrected chi connectivity index (χ1v) is 7.30. The first-order valence-electron chi connectivity index (χ1n) is 7.30. The molecule has 2 rings (SSSR count). The number of amides is 1. The zero-order valence-electron chi connectivity index (χ0n) is 11.8. The summed E-state index contributed by atoms with van der Waals surface area (Å²) < 4.78 is 4.58. The Morgan fingerprint density at radius 2 is 2.05 bits per heavy atom. The van der Waals surface area contributed by atoms with E-state index in [1.54, 1.807) is 6.92 Å². The summed E-state index contributed by atoms with van der Waals surface area (Å²) in [5.74, 6) is 1.46. The number of hydrogen-bond acceptors (Lipinski definition) is 4. The van der Waals surface area contributed by atoms with Gasteiger partial charge in [0, 0.05) is 5.92 Å². The van der Waals surface area contributed by atoms with Crippen LogP contribution in [0.3, 0.4) is 0 Å². The Morgan fingerprint density at radius 1 is 1.32 bits per heavy atom. The SMILES string of the molecule is CCCCC1CCC(C(=O)Nc2nonc2C)CC1. The molecular weight excluding hydrogens is 242 g/mol. The second kappa shape index (κ2) is 6.68. The number of unbranched alkanes of at least 4 members (excludes halogenated alkanes) is 1. The first-order chi connectivity index (χ1) is 9.20. The summed E-state index contributed by atoms with van der Waals surface area (Å²) in [5.41, 5.74) is 0.630. The average molecular weight is 265 g/mol. The van der Waals surface area contributed by atoms with E-state index in [-0.39, 0.29) is 11.8 Å². The molecule has 1 heterocycles. The first kappa shape index (κ1) is 14.0. The quantitative estimate of drug-likeness (QED) is 0.886. The second-order valence-electron chi connectivity index (χ2n) is 5.55. The van der Waals surface area contributed by atoms with E-state index in [1.165, 1.54) is 32.1 Å². The minimum Gasteiger partial charge on any atom is -0.306 e. The minimum atomic E-state index is 0.0627. The smallest absolute Gasteiger partial charge is 0.228 e. The van der Waals surface area contributed by atoms with Crippen molar-refractivity contribution in [1.29, 1.82) is 0 Å². The highest BCUT2D eigenvalue weighted by atomic mass is 16.6. The van der Waals surface area contributed by atoms with Crippen LogP contribution in [0.1, 0.15) is 57.6 Å². The van der Waals surface area contributed by atoms with E-state index in [4.69, 9.17) is 0 Å². The molecule has 19 heavy (non-hydrogen) atoms. The van der Waals surface area contributed by atoms with Gasteiger partial charge in [0.25, 0.3) is 0 Å². The Hall–Kier alpha value is -1.39. The second-order valence-corrected chi connectivity index (χ2v) is 5.55. The average Bonchev–Trinajstić information content (AvgIpc) is 2.82. The van der Waals surface area contributed by atoms with Crippen LogP contribution < -0.4 is 5.32 Å². The van der Waals surface area contributed by atoms with Crippen LogP contribution in [0, 0.1) is 18.8 Å². The Balaban J connectivity index is 1.78. The number of rotatable bonds is 5. The molecule has 1 amide bonds. The number of nitrogens with zero attached hydrogens (tertiary/aromatic N) is 2. The molecule has 5 nitrogen and oxygen atoms in total. The molecule has 0 bridgehead atoms. The molecule has 1 aliphatic rings. The molecule has 1 fully saturated rings. The summed E-state index contributed by atoms with van der Waals surface area (Å²) in [5, 5.41) is 10.2. The number of aryl methyl sites for hydroxylation is 1. The summed E-state index contributed by atoms with van der Waals surface area (Å²) in [6.45, 7) is 4.00. The van der Waals surface area contributed by atoms with E-state index in [9.17, 15) is 4.79 Å². The number of carbonyl (C=O) groups excluding carboxylic acids is 1. The number of aromatic nitrogens is 2. The van der Waals surface area contributed by atoms with Crippen molar-refractivity contribution in [1.82, 2.24) is 10.3 Å². The van der Waals surface area contributed by atoms with Crippen LogP contribution in [-0.4, -0.2) is 16.2 Å². The lowest BCUT2D eigenvalue weighted by Crippen LogP contribution is -2.27. The third-order valence-corrected chi connectivity index (χ3v) is 4.08. The van der Waals surface area contributed by atoms with Crippen molar-refractivity contribution >= 4 is 11.7 Å². The Morgan fingerprint density at radius 3 is 2.63 bits per heavy atom. The molecule has 1 N–H and O–H groups in total. The molecule has 1 aromatic rings. The van der Waals surface area contributed by atoms with E-state index in [0.29, 0.717) is 11.5 Å². The van der Waals surface area contributed by atoms with Crippen LogP contribution in [-0.2, 0) is 4.79 Å². The van der Waals surface area contributed by atoms with Gasteiger partial charge in [-0.15, -0.1) is 0 Å². The molecule has 0 radical (unpaired) electrons. The van der Waals surface area contributed by atoms with Gasteiger partial charge in [0.05, 0.1) is 0 Å². The van der Waals surface area contributed by atoms with Crippen molar-refractivity contribution < 1.29 is 9.42 Å². The zero-order chi connectivity index (χ0) is 13.7. The standard InChI is InChI=1S/C14H23N3O2/c1-3-4-5-11-6-8-12(9-7-11)14(18)15-13-10(2)16-19-17-13/h11-12H,3-9H2,1-2H3,(H,15,17,18). The largest absolute Gasteiger partial charge is 0.306 e. The van der Waals surface area contributed by atoms with Crippen LogP contribution in [0.2, 0.25) is 0 Å². The van der Waals surface area contributed by atoms with E-state index < -0.39 is 0 Å². The fraction of sp³-hybridized carbons (Fsp3) is 0.786. The van der Waals surface area contributed by atoms with Crippen LogP contribution in [0.5, 0.6) is 0 Å². The lowest BCUT2D eigenvalue weighted by molar-refractivity contribution is -0.121. The van der Waals surface area contributed by atoms with E-state index in [0.717, 1.165) is 18.8 Å². The van der Waals surface area contributed by atoms with E-state index in [2.05, 4.69) is 27.2 Å². The molecule has 0 atom stereocenters. The summed E-state index contributed by atoms with van der Waals surface area (Å²) in [6.07, 6.45) is 8.22. The normalized spacial score (nSPS) is 23.3. The van der Waals surface area contributed by atoms with Crippen LogP contribution in [0.4, 0.5) is 5.82 Å². The summed E-state index contributed by atoms with van der Waals surface area (Å²) in [7, 11) is 0. The molecule has 5 heteroatoms. The van der Waals surface area contributed by atoms with Gasteiger partial charge in [-0.05, 0) is 43.7 Å². The van der Waals surface area contributed by atoms with Crippen LogP contribution in [0.25, 0.3) is 0 Å². The van der Waals surface area contributed by atoms with Crippen molar-refractivity contribution in [2.75, 3.05) is 5.32 Å². The van der Waals surface area contributed by atoms with Crippen molar-refractivity contribution in [2.45, 2.75) is 58.8 Å². The third-order valence-electron chi connectivity index (χ3n) is 4.08. The number of hydrogen-bond donors (Lipinski definition) is 1. The predicted octanol–water partition coefficient (Wildman–Crippen LogP) is 3.31. The van der Waals surface area contributed by atoms with Crippen molar-refractivity contribution in [3.63, 3.8) is 0 Å². The van der Waals surface area contributed by atoms with Gasteiger partial charge in [0.2, 0.25) is 5.91 Å². The minimum absolute atomic E-state index is 0.0627. The van der Waals surface area contributed by atoms with Gasteiger partial charge in [0.15, 0.2) is 5.82 Å². The number of carbonyl (C=O) groups is 1. The van der Waals surface area contributed by atoms with Gasteiger partial charge < -0.3 is 5.32 Å². The topological polar surface area (TPSA) is 68.0 Å². The maximum atomic E-state index is 12.1. The lowest BCUT2D eigenvalue weighted by atomic mass is 9.79. The Kier molecular flexibility index (Phi) is 4.93. The van der Waals surface area contributed by atoms with Gasteiger partial charge >= 0.3 is 0 Å². The lowest BCUT2D eigenvalue weighted by Gasteiger charge is -2.27. The highest BCUT2D eigenvalue weighted by molar-refractivity contribution is 5.91. The fourth-order valence-corrected chi connectivity index (χ4v) is 2.77. The predicted molar refractivity (Wildman–Crippen MR) is 72.6 cm³/mol. The van der Waals surface area contributed by atoms with Crippen molar-refractivity contribution in [3.05, 3.63) is 5.69 Å². The fourth-order valence-electron chi connectivity index (χ4n) is 2.77. The maximum Gasteiger partial charge on any atom is 0.228 e. The molecule has 106 valence electrons. The molecule has 0 saturated heterocycles. The van der Waals surface area contributed by atoms with Gasteiger partial charge in [-0.2, -0.15) is 0 Å². The summed E-state index contributed by atoms with van der Waals surface area (Å²) >= 11 is 0. The molecule has 1 saturated carbocycles. The Labute approximate surface area is 114 Å². The van der Waals surface area contributed by atoms with E-state index in [1.807, 2.05) is 0 Å². The summed E-state index contributed by atoms with van der Waals surface area (Å²) in [4.78, 5) is 12.1. The van der Waals surface area contributed by atoms with Crippen LogP contribution >= 0.6 is 0 Å². The van der Waals surface area contributed by atoms with Crippen LogP contribution in [0.15, 0.2) is 4.63 Å². The van der Waals surface area contributed by atoms with Gasteiger partial charge in [0.1, 0.15) is 5.69 Å². The Bertz CT molecular complexity index is 409. The number of anilines is 1. The molecule has 0 aromatic carbocycles. The van der Waals surface area contributed by atoms with Gasteiger partial charge in [-0.3, -0.25) is 4.79 Å². The van der Waals surface area contributed by atoms with Gasteiger partial charge in [-0.1, -0.05) is 31.3 Å². The zero-order valence-corrected chi connectivity index (χ0v) is 11.8. The third kappa shape index (κ3) is 3.78. The molecule has 1 aliphatic carbocycles. The van der Waals surface area contributed by atoms with Gasteiger partial charge in [-0.25, -0.2) is 4.63 Å². The molecule has 1 aromatic heterocycles. The van der Waals surface area contributed by atoms with Crippen molar-refractivity contribution in [2.24, 2.45) is 11.8 Å². The summed E-state index contributed by atoms with van der Waals surface area (Å²) in [6, 6.07) is 0. The van der Waals surface area contributed by atoms with E-state index >= 15 is 0 Å². The number of nitrogens with one attached hydrogen (secondary N) is 1. The molecule has 0 aliphatic heterocycles.